The molecule has 2 amide bonds. The number of aromatic nitrogens is 3. The zero-order chi connectivity index (χ0) is 23.4. The maximum Gasteiger partial charge on any atom is 0.263 e. The zero-order valence-electron chi connectivity index (χ0n) is 19.9. The second-order valence-electron chi connectivity index (χ2n) is 9.00. The molecule has 1 unspecified atom stereocenters. The fraction of sp³-hybridized carbons (Fsp3) is 0.583. The van der Waals surface area contributed by atoms with E-state index >= 15 is 0 Å². The van der Waals surface area contributed by atoms with Gasteiger partial charge in [0.15, 0.2) is 0 Å². The summed E-state index contributed by atoms with van der Waals surface area (Å²) in [6, 6.07) is 3.22. The van der Waals surface area contributed by atoms with Crippen LogP contribution in [0.3, 0.4) is 0 Å². The van der Waals surface area contributed by atoms with Crippen LogP contribution in [-0.4, -0.2) is 50.2 Å². The number of hydrogen-bond donors (Lipinski definition) is 1. The molecular formula is C24H35N5O3. The van der Waals surface area contributed by atoms with Gasteiger partial charge in [-0.15, -0.1) is 0 Å². The van der Waals surface area contributed by atoms with Crippen LogP contribution in [0, 0.1) is 13.8 Å². The highest BCUT2D eigenvalue weighted by Crippen LogP contribution is 2.21. The smallest absolute Gasteiger partial charge is 0.263 e. The van der Waals surface area contributed by atoms with Crippen molar-refractivity contribution in [2.75, 3.05) is 7.05 Å². The van der Waals surface area contributed by atoms with E-state index in [1.54, 1.807) is 17.2 Å². The number of rotatable bonds is 7. The minimum absolute atomic E-state index is 0.0482. The van der Waals surface area contributed by atoms with Crippen molar-refractivity contribution in [3.8, 4) is 0 Å². The average Bonchev–Trinajstić information content (AvgIpc) is 3.01. The largest absolute Gasteiger partial charge is 0.349 e. The SMILES string of the molecule is Cc1nn(C)c(C)c1CC(C)NC(=O)c1cccn(CC(=O)N(C)C2CCCCC2)c1=O. The molecule has 2 aromatic heterocycles. The van der Waals surface area contributed by atoms with Crippen LogP contribution in [0.4, 0.5) is 0 Å². The van der Waals surface area contributed by atoms with Crippen molar-refractivity contribution in [3.05, 3.63) is 51.2 Å². The predicted molar refractivity (Wildman–Crippen MR) is 124 cm³/mol. The number of pyridine rings is 1. The van der Waals surface area contributed by atoms with Gasteiger partial charge in [0.2, 0.25) is 5.91 Å². The molecule has 1 atom stereocenters. The quantitative estimate of drug-likeness (QED) is 0.714. The molecule has 0 bridgehead atoms. The first-order valence-corrected chi connectivity index (χ1v) is 11.4. The van der Waals surface area contributed by atoms with Crippen LogP contribution in [0.5, 0.6) is 0 Å². The maximum atomic E-state index is 12.9. The van der Waals surface area contributed by atoms with Gasteiger partial charge < -0.3 is 14.8 Å². The van der Waals surface area contributed by atoms with E-state index in [0.29, 0.717) is 6.42 Å². The number of carbonyl (C=O) groups is 2. The van der Waals surface area contributed by atoms with Crippen molar-refractivity contribution in [1.29, 1.82) is 0 Å². The van der Waals surface area contributed by atoms with Gasteiger partial charge in [-0.1, -0.05) is 19.3 Å². The molecule has 174 valence electrons. The van der Waals surface area contributed by atoms with Gasteiger partial charge in [0.05, 0.1) is 5.69 Å². The third kappa shape index (κ3) is 5.29. The van der Waals surface area contributed by atoms with Crippen LogP contribution in [0.1, 0.15) is 66.3 Å². The van der Waals surface area contributed by atoms with Gasteiger partial charge in [-0.25, -0.2) is 0 Å². The second-order valence-corrected chi connectivity index (χ2v) is 9.00. The summed E-state index contributed by atoms with van der Waals surface area (Å²) in [7, 11) is 3.71. The zero-order valence-corrected chi connectivity index (χ0v) is 19.9. The monoisotopic (exact) mass is 441 g/mol. The molecule has 1 saturated carbocycles. The minimum Gasteiger partial charge on any atom is -0.349 e. The Labute approximate surface area is 189 Å². The number of amides is 2. The van der Waals surface area contributed by atoms with E-state index in [-0.39, 0.29) is 30.1 Å². The van der Waals surface area contributed by atoms with E-state index in [1.165, 1.54) is 17.1 Å². The summed E-state index contributed by atoms with van der Waals surface area (Å²) in [6.07, 6.45) is 7.69. The third-order valence-electron chi connectivity index (χ3n) is 6.63. The first-order valence-electron chi connectivity index (χ1n) is 11.4. The topological polar surface area (TPSA) is 89.2 Å². The van der Waals surface area contributed by atoms with Crippen LogP contribution < -0.4 is 10.9 Å². The van der Waals surface area contributed by atoms with Crippen LogP contribution in [0.25, 0.3) is 0 Å². The Morgan fingerprint density at radius 2 is 1.94 bits per heavy atom. The van der Waals surface area contributed by atoms with Crippen LogP contribution in [0.15, 0.2) is 23.1 Å². The van der Waals surface area contributed by atoms with Crippen LogP contribution in [0.2, 0.25) is 0 Å². The summed E-state index contributed by atoms with van der Waals surface area (Å²) in [5.74, 6) is -0.531. The van der Waals surface area contributed by atoms with E-state index in [9.17, 15) is 14.4 Å². The summed E-state index contributed by atoms with van der Waals surface area (Å²) < 4.78 is 3.16. The lowest BCUT2D eigenvalue weighted by Gasteiger charge is -2.31. The molecule has 0 aromatic carbocycles. The number of nitrogens with zero attached hydrogens (tertiary/aromatic N) is 4. The summed E-state index contributed by atoms with van der Waals surface area (Å²) in [5, 5.41) is 7.34. The molecule has 0 radical (unpaired) electrons. The molecule has 1 aliphatic carbocycles. The first-order chi connectivity index (χ1) is 15.2. The first kappa shape index (κ1) is 23.8. The van der Waals surface area contributed by atoms with Crippen molar-refractivity contribution in [3.63, 3.8) is 0 Å². The molecule has 1 aliphatic rings. The molecule has 1 N–H and O–H groups in total. The Hall–Kier alpha value is -2.90. The van der Waals surface area contributed by atoms with Crippen LogP contribution in [-0.2, 0) is 24.8 Å². The van der Waals surface area contributed by atoms with Crippen molar-refractivity contribution in [1.82, 2.24) is 24.6 Å². The number of hydrogen-bond acceptors (Lipinski definition) is 4. The van der Waals surface area contributed by atoms with E-state index < -0.39 is 11.5 Å². The highest BCUT2D eigenvalue weighted by atomic mass is 16.2. The Morgan fingerprint density at radius 1 is 1.25 bits per heavy atom. The summed E-state index contributed by atoms with van der Waals surface area (Å²) in [6.45, 7) is 5.81. The fourth-order valence-electron chi connectivity index (χ4n) is 4.54. The lowest BCUT2D eigenvalue weighted by atomic mass is 9.94. The minimum atomic E-state index is -0.448. The van der Waals surface area contributed by atoms with E-state index in [0.717, 1.165) is 42.6 Å². The molecule has 0 spiro atoms. The molecule has 0 aliphatic heterocycles. The van der Waals surface area contributed by atoms with E-state index in [2.05, 4.69) is 10.4 Å². The Balaban J connectivity index is 1.66. The number of nitrogens with one attached hydrogen (secondary N) is 1. The van der Waals surface area contributed by atoms with Gasteiger partial charge in [-0.05, 0) is 57.7 Å². The third-order valence-corrected chi connectivity index (χ3v) is 6.63. The van der Waals surface area contributed by atoms with Gasteiger partial charge in [0.25, 0.3) is 11.5 Å². The number of carbonyl (C=O) groups excluding carboxylic acids is 2. The van der Waals surface area contributed by atoms with E-state index in [4.69, 9.17) is 0 Å². The molecule has 32 heavy (non-hydrogen) atoms. The molecule has 8 nitrogen and oxygen atoms in total. The highest BCUT2D eigenvalue weighted by Gasteiger charge is 2.23. The second kappa shape index (κ2) is 10.1. The van der Waals surface area contributed by atoms with E-state index in [1.807, 2.05) is 39.5 Å². The highest BCUT2D eigenvalue weighted by molar-refractivity contribution is 5.94. The number of likely N-dealkylation sites (N-methyl/N-ethyl adjacent to an activating group) is 1. The van der Waals surface area contributed by atoms with Crippen molar-refractivity contribution >= 4 is 11.8 Å². The summed E-state index contributed by atoms with van der Waals surface area (Å²) in [4.78, 5) is 40.2. The number of aryl methyl sites for hydroxylation is 2. The normalized spacial score (nSPS) is 15.4. The standard InChI is InChI=1S/C24H35N5O3/c1-16(14-21-17(2)26-28(5)18(21)3)25-23(31)20-12-9-13-29(24(20)32)15-22(30)27(4)19-10-7-6-8-11-19/h9,12-13,16,19H,6-8,10-11,14-15H2,1-5H3,(H,25,31). The van der Waals surface area contributed by atoms with Crippen LogP contribution >= 0.6 is 0 Å². The van der Waals surface area contributed by atoms with Gasteiger partial charge >= 0.3 is 0 Å². The summed E-state index contributed by atoms with van der Waals surface area (Å²) in [5.41, 5.74) is 2.70. The van der Waals surface area contributed by atoms with Gasteiger partial charge in [0, 0.05) is 38.1 Å². The Morgan fingerprint density at radius 3 is 2.56 bits per heavy atom. The van der Waals surface area contributed by atoms with Gasteiger partial charge in [-0.2, -0.15) is 5.10 Å². The molecule has 1 fully saturated rings. The Kier molecular flexibility index (Phi) is 7.53. The van der Waals surface area contributed by atoms with Crippen molar-refractivity contribution < 1.29 is 9.59 Å². The van der Waals surface area contributed by atoms with Gasteiger partial charge in [0.1, 0.15) is 12.1 Å². The molecule has 3 rings (SSSR count). The lowest BCUT2D eigenvalue weighted by Crippen LogP contribution is -2.43. The molecular weight excluding hydrogens is 406 g/mol. The Bertz CT molecular complexity index is 1030. The average molecular weight is 442 g/mol. The van der Waals surface area contributed by atoms with Crippen molar-refractivity contribution in [2.24, 2.45) is 7.05 Å². The lowest BCUT2D eigenvalue weighted by molar-refractivity contribution is -0.133. The maximum absolute atomic E-state index is 12.9. The predicted octanol–water partition coefficient (Wildman–Crippen LogP) is 2.35. The summed E-state index contributed by atoms with van der Waals surface area (Å²) >= 11 is 0. The molecule has 8 heteroatoms. The fourth-order valence-corrected chi connectivity index (χ4v) is 4.54. The van der Waals surface area contributed by atoms with Crippen molar-refractivity contribution in [2.45, 2.75) is 77.9 Å². The molecule has 2 heterocycles. The molecule has 0 saturated heterocycles. The molecule has 2 aromatic rings. The van der Waals surface area contributed by atoms with Gasteiger partial charge in [-0.3, -0.25) is 19.1 Å².